The molecule has 0 spiro atoms. The number of rotatable bonds is 12. The fourth-order valence-corrected chi connectivity index (χ4v) is 6.11. The number of hydrogen-bond acceptors (Lipinski definition) is 7. The molecule has 2 aromatic rings. The third-order valence-electron chi connectivity index (χ3n) is 7.35. The summed E-state index contributed by atoms with van der Waals surface area (Å²) in [6, 6.07) is 15.3. The van der Waals surface area contributed by atoms with Gasteiger partial charge in [-0.15, -0.1) is 0 Å². The van der Waals surface area contributed by atoms with Gasteiger partial charge in [-0.3, -0.25) is 14.6 Å². The maximum atomic E-state index is 13.0. The van der Waals surface area contributed by atoms with Crippen molar-refractivity contribution in [1.29, 1.82) is 0 Å². The van der Waals surface area contributed by atoms with Gasteiger partial charge < -0.3 is 10.1 Å². The van der Waals surface area contributed by atoms with Crippen LogP contribution in [0.3, 0.4) is 0 Å². The van der Waals surface area contributed by atoms with Crippen molar-refractivity contribution in [2.75, 3.05) is 51.3 Å². The van der Waals surface area contributed by atoms with Gasteiger partial charge >= 0.3 is 5.97 Å². The zero-order valence-corrected chi connectivity index (χ0v) is 22.8. The first-order chi connectivity index (χ1) is 17.5. The molecule has 0 aliphatic carbocycles. The van der Waals surface area contributed by atoms with E-state index >= 15 is 0 Å². The molecule has 1 amide bonds. The predicted molar refractivity (Wildman–Crippen MR) is 153 cm³/mol. The van der Waals surface area contributed by atoms with E-state index in [-0.39, 0.29) is 17.9 Å². The van der Waals surface area contributed by atoms with E-state index in [4.69, 9.17) is 4.74 Å². The van der Waals surface area contributed by atoms with E-state index in [2.05, 4.69) is 76.8 Å². The van der Waals surface area contributed by atoms with Gasteiger partial charge in [0.05, 0.1) is 19.2 Å². The first-order valence-corrected chi connectivity index (χ1v) is 14.1. The van der Waals surface area contributed by atoms with Gasteiger partial charge in [-0.25, -0.2) is 4.79 Å². The highest BCUT2D eigenvalue weighted by molar-refractivity contribution is 7.80. The summed E-state index contributed by atoms with van der Waals surface area (Å²) in [7, 11) is 1.48. The van der Waals surface area contributed by atoms with Crippen LogP contribution in [0.15, 0.2) is 48.0 Å². The van der Waals surface area contributed by atoms with Crippen molar-refractivity contribution in [1.82, 2.24) is 15.1 Å². The molecule has 0 radical (unpaired) electrons. The van der Waals surface area contributed by atoms with Crippen LogP contribution in [0, 0.1) is 0 Å². The number of esters is 1. The van der Waals surface area contributed by atoms with Crippen LogP contribution in [0.2, 0.25) is 0 Å². The quantitative estimate of drug-likeness (QED) is 0.291. The molecule has 8 heteroatoms. The zero-order chi connectivity index (χ0) is 25.5. The Bertz CT molecular complexity index is 1110. The lowest BCUT2D eigenvalue weighted by Gasteiger charge is -2.37. The number of carbonyl (C=O) groups excluding carboxylic acids is 2. The van der Waals surface area contributed by atoms with Crippen molar-refractivity contribution in [2.45, 2.75) is 37.8 Å². The molecular formula is C28H37N3O3S2. The number of hydrogen-bond donors (Lipinski definition) is 3. The second-order valence-electron chi connectivity index (χ2n) is 9.56. The average molecular weight is 528 g/mol. The molecule has 2 heterocycles. The first kappa shape index (κ1) is 27.0. The minimum atomic E-state index is -0.217. The Balaban J connectivity index is 1.48. The Hall–Kier alpha value is -2.00. The van der Waals surface area contributed by atoms with Gasteiger partial charge in [-0.05, 0) is 60.2 Å². The number of methoxy groups -OCH3 is 1. The van der Waals surface area contributed by atoms with Gasteiger partial charge in [-0.2, -0.15) is 25.3 Å². The highest BCUT2D eigenvalue weighted by Gasteiger charge is 2.44. The Kier molecular flexibility index (Phi) is 9.76. The summed E-state index contributed by atoms with van der Waals surface area (Å²) in [5.74, 6) is 1.15. The van der Waals surface area contributed by atoms with Crippen molar-refractivity contribution in [3.8, 4) is 0 Å². The van der Waals surface area contributed by atoms with Gasteiger partial charge in [-0.1, -0.05) is 36.4 Å². The molecule has 194 valence electrons. The SMILES string of the molecule is COC(=O)C1=C(c2ccc3ccccc3c2)CC2CC[C@H]1N2CCCN(CCS)CC(=O)NCCS. The zero-order valence-electron chi connectivity index (χ0n) is 21.0. The van der Waals surface area contributed by atoms with Gasteiger partial charge in [0, 0.05) is 43.2 Å². The number of nitrogens with zero attached hydrogens (tertiary/aromatic N) is 2. The van der Waals surface area contributed by atoms with Crippen molar-refractivity contribution in [2.24, 2.45) is 0 Å². The smallest absolute Gasteiger partial charge is 0.335 e. The summed E-state index contributed by atoms with van der Waals surface area (Å²) in [5.41, 5.74) is 3.08. The fraction of sp³-hybridized carbons (Fsp3) is 0.500. The van der Waals surface area contributed by atoms with Gasteiger partial charge in [0.2, 0.25) is 5.91 Å². The van der Waals surface area contributed by atoms with Crippen molar-refractivity contribution in [3.05, 3.63) is 53.6 Å². The lowest BCUT2D eigenvalue weighted by Crippen LogP contribution is -2.45. The van der Waals surface area contributed by atoms with E-state index in [0.717, 1.165) is 62.0 Å². The maximum absolute atomic E-state index is 13.0. The number of amides is 1. The van der Waals surface area contributed by atoms with Crippen LogP contribution >= 0.6 is 25.3 Å². The third kappa shape index (κ3) is 6.28. The van der Waals surface area contributed by atoms with Gasteiger partial charge in [0.15, 0.2) is 0 Å². The number of fused-ring (bicyclic) bond motifs is 3. The average Bonchev–Trinajstić information content (AvgIpc) is 3.17. The topological polar surface area (TPSA) is 61.9 Å². The number of nitrogens with one attached hydrogen (secondary N) is 1. The van der Waals surface area contributed by atoms with Gasteiger partial charge in [0.1, 0.15) is 0 Å². The van der Waals surface area contributed by atoms with Crippen molar-refractivity contribution < 1.29 is 14.3 Å². The largest absolute Gasteiger partial charge is 0.466 e. The second kappa shape index (κ2) is 13.0. The third-order valence-corrected chi connectivity index (χ3v) is 7.78. The van der Waals surface area contributed by atoms with Crippen LogP contribution < -0.4 is 5.32 Å². The first-order valence-electron chi connectivity index (χ1n) is 12.8. The Morgan fingerprint density at radius 2 is 1.89 bits per heavy atom. The van der Waals surface area contributed by atoms with E-state index < -0.39 is 0 Å². The summed E-state index contributed by atoms with van der Waals surface area (Å²) in [6.45, 7) is 3.43. The number of thiol groups is 2. The predicted octanol–water partition coefficient (Wildman–Crippen LogP) is 3.67. The standard InChI is InChI=1S/C28H37N3O3S2/c1-34-28(33)27-24(22-8-7-20-5-2-3-6-21(20)17-22)18-23-9-10-25(27)31(23)13-4-12-30(14-16-36)19-26(32)29-11-15-35/h2-3,5-8,17,23,25,35-36H,4,9-16,18-19H2,1H3,(H,29,32)/t23?,25-/m1/s1. The summed E-state index contributed by atoms with van der Waals surface area (Å²) in [5, 5.41) is 5.28. The van der Waals surface area contributed by atoms with E-state index in [0.29, 0.717) is 30.6 Å². The molecule has 2 aliphatic heterocycles. The monoisotopic (exact) mass is 527 g/mol. The number of ether oxygens (including phenoxy) is 1. The van der Waals surface area contributed by atoms with Gasteiger partial charge in [0.25, 0.3) is 0 Å². The second-order valence-corrected chi connectivity index (χ2v) is 10.5. The van der Waals surface area contributed by atoms with E-state index in [1.807, 2.05) is 6.07 Å². The van der Waals surface area contributed by atoms with Crippen LogP contribution in [-0.4, -0.2) is 85.1 Å². The van der Waals surface area contributed by atoms with E-state index in [9.17, 15) is 9.59 Å². The Morgan fingerprint density at radius 1 is 1.08 bits per heavy atom. The molecule has 6 nitrogen and oxygen atoms in total. The number of carbonyl (C=O) groups is 2. The lowest BCUT2D eigenvalue weighted by molar-refractivity contribution is -0.137. The fourth-order valence-electron chi connectivity index (χ4n) is 5.71. The normalized spacial score (nSPS) is 19.8. The molecule has 1 unspecified atom stereocenters. The van der Waals surface area contributed by atoms with Crippen molar-refractivity contribution in [3.63, 3.8) is 0 Å². The highest BCUT2D eigenvalue weighted by Crippen LogP contribution is 2.43. The summed E-state index contributed by atoms with van der Waals surface area (Å²) in [4.78, 5) is 29.9. The van der Waals surface area contributed by atoms with Crippen LogP contribution in [0.1, 0.15) is 31.2 Å². The molecule has 0 aromatic heterocycles. The summed E-state index contributed by atoms with van der Waals surface area (Å²) < 4.78 is 5.29. The Labute approximate surface area is 225 Å². The maximum Gasteiger partial charge on any atom is 0.335 e. The van der Waals surface area contributed by atoms with Crippen molar-refractivity contribution >= 4 is 53.5 Å². The van der Waals surface area contributed by atoms with E-state index in [1.165, 1.54) is 17.9 Å². The molecular weight excluding hydrogens is 490 g/mol. The lowest BCUT2D eigenvalue weighted by atomic mass is 9.87. The molecule has 1 N–H and O–H groups in total. The molecule has 2 atom stereocenters. The Morgan fingerprint density at radius 3 is 2.64 bits per heavy atom. The van der Waals surface area contributed by atoms with Crippen LogP contribution in [0.4, 0.5) is 0 Å². The van der Waals surface area contributed by atoms with Crippen LogP contribution in [-0.2, 0) is 14.3 Å². The highest BCUT2D eigenvalue weighted by atomic mass is 32.1. The molecule has 2 aliphatic rings. The molecule has 1 saturated heterocycles. The minimum absolute atomic E-state index is 0.0276. The van der Waals surface area contributed by atoms with Crippen LogP contribution in [0.5, 0.6) is 0 Å². The number of benzene rings is 2. The molecule has 36 heavy (non-hydrogen) atoms. The molecule has 2 bridgehead atoms. The summed E-state index contributed by atoms with van der Waals surface area (Å²) >= 11 is 8.53. The van der Waals surface area contributed by atoms with Crippen LogP contribution in [0.25, 0.3) is 16.3 Å². The molecule has 4 rings (SSSR count). The molecule has 0 saturated carbocycles. The minimum Gasteiger partial charge on any atom is -0.466 e. The summed E-state index contributed by atoms with van der Waals surface area (Å²) in [6.07, 6.45) is 3.83. The molecule has 2 aromatic carbocycles. The molecule has 1 fully saturated rings. The van der Waals surface area contributed by atoms with E-state index in [1.54, 1.807) is 0 Å².